The van der Waals surface area contributed by atoms with E-state index in [4.69, 9.17) is 4.74 Å². The Bertz CT molecular complexity index is 461. The molecule has 0 saturated carbocycles. The zero-order chi connectivity index (χ0) is 14.1. The van der Waals surface area contributed by atoms with Crippen molar-refractivity contribution in [2.75, 3.05) is 26.2 Å². The van der Waals surface area contributed by atoms with Crippen LogP contribution in [0, 0.1) is 0 Å². The highest BCUT2D eigenvalue weighted by atomic mass is 16.5. The maximum Gasteiger partial charge on any atom is 0.254 e. The number of morpholine rings is 2. The Morgan fingerprint density at radius 2 is 1.70 bits per heavy atom. The van der Waals surface area contributed by atoms with Gasteiger partial charge in [0.25, 0.3) is 5.91 Å². The molecule has 1 amide bonds. The van der Waals surface area contributed by atoms with Gasteiger partial charge in [-0.2, -0.15) is 0 Å². The molecule has 0 aromatic heterocycles. The van der Waals surface area contributed by atoms with Gasteiger partial charge in [0.2, 0.25) is 0 Å². The molecule has 20 heavy (non-hydrogen) atoms. The van der Waals surface area contributed by atoms with Crippen molar-refractivity contribution in [2.45, 2.75) is 32.1 Å². The van der Waals surface area contributed by atoms with E-state index in [1.807, 2.05) is 35.2 Å². The van der Waals surface area contributed by atoms with E-state index in [2.05, 4.69) is 18.7 Å². The van der Waals surface area contributed by atoms with Crippen molar-refractivity contribution in [3.63, 3.8) is 0 Å². The van der Waals surface area contributed by atoms with Crippen LogP contribution in [-0.2, 0) is 4.74 Å². The molecule has 0 radical (unpaired) electrons. The van der Waals surface area contributed by atoms with Crippen molar-refractivity contribution in [3.8, 4) is 0 Å². The van der Waals surface area contributed by atoms with Crippen LogP contribution in [0.15, 0.2) is 30.3 Å². The van der Waals surface area contributed by atoms with Gasteiger partial charge in [0, 0.05) is 37.8 Å². The third-order valence-electron chi connectivity index (χ3n) is 4.15. The van der Waals surface area contributed by atoms with Crippen LogP contribution < -0.4 is 0 Å². The maximum absolute atomic E-state index is 12.5. The third-order valence-corrected chi connectivity index (χ3v) is 4.15. The second-order valence-corrected chi connectivity index (χ2v) is 6.00. The smallest absolute Gasteiger partial charge is 0.254 e. The molecule has 2 saturated heterocycles. The normalized spacial score (nSPS) is 26.9. The predicted molar refractivity (Wildman–Crippen MR) is 77.7 cm³/mol. The van der Waals surface area contributed by atoms with Crippen molar-refractivity contribution in [3.05, 3.63) is 35.9 Å². The van der Waals surface area contributed by atoms with Crippen LogP contribution in [0.2, 0.25) is 0 Å². The van der Waals surface area contributed by atoms with Crippen molar-refractivity contribution < 1.29 is 9.53 Å². The molecule has 2 aliphatic heterocycles. The average Bonchev–Trinajstić information content (AvgIpc) is 2.46. The van der Waals surface area contributed by atoms with Crippen molar-refractivity contribution in [1.29, 1.82) is 0 Å². The summed E-state index contributed by atoms with van der Waals surface area (Å²) in [6.45, 7) is 7.68. The molecule has 3 rings (SSSR count). The summed E-state index contributed by atoms with van der Waals surface area (Å²) in [5.74, 6) is 0.127. The van der Waals surface area contributed by atoms with Crippen LogP contribution in [0.3, 0.4) is 0 Å². The van der Waals surface area contributed by atoms with Crippen molar-refractivity contribution in [1.82, 2.24) is 9.80 Å². The van der Waals surface area contributed by atoms with E-state index in [0.29, 0.717) is 19.1 Å². The summed E-state index contributed by atoms with van der Waals surface area (Å²) >= 11 is 0. The summed E-state index contributed by atoms with van der Waals surface area (Å²) in [6, 6.07) is 10.1. The quantitative estimate of drug-likeness (QED) is 0.821. The van der Waals surface area contributed by atoms with Gasteiger partial charge < -0.3 is 9.64 Å². The van der Waals surface area contributed by atoms with Gasteiger partial charge in [0.05, 0.1) is 12.2 Å². The van der Waals surface area contributed by atoms with E-state index in [1.165, 1.54) is 0 Å². The molecule has 2 fully saturated rings. The van der Waals surface area contributed by atoms with E-state index >= 15 is 0 Å². The lowest BCUT2D eigenvalue weighted by Gasteiger charge is -2.47. The van der Waals surface area contributed by atoms with E-state index in [0.717, 1.165) is 18.7 Å². The standard InChI is InChI=1S/C16H22N2O2/c1-12(2)17-8-14-10-18(11-15(9-17)20-14)16(19)13-6-4-3-5-7-13/h3-7,12,14-15H,8-11H2,1-2H3. The number of hydrogen-bond acceptors (Lipinski definition) is 3. The molecular weight excluding hydrogens is 252 g/mol. The molecule has 4 nitrogen and oxygen atoms in total. The summed E-state index contributed by atoms with van der Waals surface area (Å²) in [5.41, 5.74) is 0.771. The van der Waals surface area contributed by atoms with E-state index in [-0.39, 0.29) is 18.1 Å². The zero-order valence-corrected chi connectivity index (χ0v) is 12.2. The Hall–Kier alpha value is -1.39. The van der Waals surface area contributed by atoms with E-state index in [9.17, 15) is 4.79 Å². The summed E-state index contributed by atoms with van der Waals surface area (Å²) in [7, 11) is 0. The minimum atomic E-state index is 0.127. The molecule has 1 aromatic carbocycles. The molecule has 2 bridgehead atoms. The molecule has 0 spiro atoms. The topological polar surface area (TPSA) is 32.8 Å². The Balaban J connectivity index is 1.69. The molecule has 0 N–H and O–H groups in total. The first-order chi connectivity index (χ1) is 9.63. The lowest BCUT2D eigenvalue weighted by molar-refractivity contribution is -0.135. The number of carbonyl (C=O) groups is 1. The third kappa shape index (κ3) is 2.72. The van der Waals surface area contributed by atoms with E-state index in [1.54, 1.807) is 0 Å². The summed E-state index contributed by atoms with van der Waals surface area (Å²) in [4.78, 5) is 16.9. The van der Waals surface area contributed by atoms with Crippen molar-refractivity contribution in [2.24, 2.45) is 0 Å². The highest BCUT2D eigenvalue weighted by Crippen LogP contribution is 2.22. The monoisotopic (exact) mass is 274 g/mol. The number of carbonyl (C=O) groups excluding carboxylic acids is 1. The highest BCUT2D eigenvalue weighted by Gasteiger charge is 2.37. The second kappa shape index (κ2) is 5.54. The summed E-state index contributed by atoms with van der Waals surface area (Å²) in [6.07, 6.45) is 0.301. The molecular formula is C16H22N2O2. The Morgan fingerprint density at radius 3 is 2.25 bits per heavy atom. The first-order valence-corrected chi connectivity index (χ1v) is 7.37. The number of amides is 1. The lowest BCUT2D eigenvalue weighted by atomic mass is 10.1. The zero-order valence-electron chi connectivity index (χ0n) is 12.2. The van der Waals surface area contributed by atoms with Gasteiger partial charge in [0.15, 0.2) is 0 Å². The van der Waals surface area contributed by atoms with Crippen molar-refractivity contribution >= 4 is 5.91 Å². The summed E-state index contributed by atoms with van der Waals surface area (Å²) in [5, 5.41) is 0. The Kier molecular flexibility index (Phi) is 3.76. The number of rotatable bonds is 2. The molecule has 4 heteroatoms. The first-order valence-electron chi connectivity index (χ1n) is 7.37. The Labute approximate surface area is 120 Å². The van der Waals surface area contributed by atoms with Crippen LogP contribution in [0.25, 0.3) is 0 Å². The minimum Gasteiger partial charge on any atom is -0.369 e. The number of hydrogen-bond donors (Lipinski definition) is 0. The fourth-order valence-corrected chi connectivity index (χ4v) is 3.07. The Morgan fingerprint density at radius 1 is 1.10 bits per heavy atom. The van der Waals surface area contributed by atoms with Gasteiger partial charge in [0.1, 0.15) is 0 Å². The summed E-state index contributed by atoms with van der Waals surface area (Å²) < 4.78 is 5.98. The molecule has 2 aliphatic rings. The van der Waals surface area contributed by atoms with Gasteiger partial charge in [-0.3, -0.25) is 9.69 Å². The molecule has 1 aromatic rings. The fraction of sp³-hybridized carbons (Fsp3) is 0.562. The number of fused-ring (bicyclic) bond motifs is 2. The van der Waals surface area contributed by atoms with Gasteiger partial charge >= 0.3 is 0 Å². The highest BCUT2D eigenvalue weighted by molar-refractivity contribution is 5.94. The second-order valence-electron chi connectivity index (χ2n) is 6.00. The number of ether oxygens (including phenoxy) is 1. The predicted octanol–water partition coefficient (Wildman–Crippen LogP) is 1.62. The van der Waals surface area contributed by atoms with Crippen LogP contribution in [0.4, 0.5) is 0 Å². The van der Waals surface area contributed by atoms with Gasteiger partial charge in [-0.15, -0.1) is 0 Å². The minimum absolute atomic E-state index is 0.127. The molecule has 2 heterocycles. The molecule has 2 unspecified atom stereocenters. The van der Waals surface area contributed by atoms with Crippen LogP contribution >= 0.6 is 0 Å². The van der Waals surface area contributed by atoms with E-state index < -0.39 is 0 Å². The fourth-order valence-electron chi connectivity index (χ4n) is 3.07. The largest absolute Gasteiger partial charge is 0.369 e. The van der Waals surface area contributed by atoms with Crippen LogP contribution in [-0.4, -0.2) is 60.1 Å². The van der Waals surface area contributed by atoms with Gasteiger partial charge in [-0.05, 0) is 26.0 Å². The SMILES string of the molecule is CC(C)N1CC2CN(C(=O)c3ccccc3)CC(C1)O2. The number of nitrogens with zero attached hydrogens (tertiary/aromatic N) is 2. The molecule has 2 atom stereocenters. The maximum atomic E-state index is 12.5. The van der Waals surface area contributed by atoms with Gasteiger partial charge in [-0.25, -0.2) is 0 Å². The van der Waals surface area contributed by atoms with Crippen LogP contribution in [0.5, 0.6) is 0 Å². The lowest BCUT2D eigenvalue weighted by Crippen LogP contribution is -2.61. The first kappa shape index (κ1) is 13.6. The molecule has 108 valence electrons. The van der Waals surface area contributed by atoms with Crippen LogP contribution in [0.1, 0.15) is 24.2 Å². The van der Waals surface area contributed by atoms with Gasteiger partial charge in [-0.1, -0.05) is 18.2 Å². The average molecular weight is 274 g/mol. The molecule has 0 aliphatic carbocycles. The number of benzene rings is 1.